The predicted molar refractivity (Wildman–Crippen MR) is 88.0 cm³/mol. The van der Waals surface area contributed by atoms with Crippen molar-refractivity contribution in [1.82, 2.24) is 0 Å². The van der Waals surface area contributed by atoms with Crippen LogP contribution in [0, 0.1) is 26.4 Å². The zero-order valence-electron chi connectivity index (χ0n) is 14.2. The summed E-state index contributed by atoms with van der Waals surface area (Å²) in [7, 11) is 0. The third-order valence-electron chi connectivity index (χ3n) is 3.27. The topological polar surface area (TPSA) is 139 Å². The Morgan fingerprint density at radius 1 is 1.14 bits per heavy atom. The summed E-state index contributed by atoms with van der Waals surface area (Å²) in [6.07, 6.45) is 2.45. The van der Waals surface area contributed by atoms with Gasteiger partial charge in [0.1, 0.15) is 0 Å². The summed E-state index contributed by atoms with van der Waals surface area (Å²) in [4.78, 5) is 10.7. The lowest BCUT2D eigenvalue weighted by Gasteiger charge is -2.36. The van der Waals surface area contributed by atoms with Crippen molar-refractivity contribution in [2.45, 2.75) is 53.7 Å². The Labute approximate surface area is 131 Å². The van der Waals surface area contributed by atoms with E-state index >= 15 is 0 Å². The van der Waals surface area contributed by atoms with E-state index in [1.807, 2.05) is 41.5 Å². The summed E-state index contributed by atoms with van der Waals surface area (Å²) < 4.78 is 0. The molecule has 0 fully saturated rings. The minimum Gasteiger partial charge on any atom is -0.384 e. The molecule has 7 heteroatoms. The lowest BCUT2D eigenvalue weighted by molar-refractivity contribution is -0.497. The molecular formula is C15H28N4O3. The third-order valence-corrected chi connectivity index (χ3v) is 3.27. The van der Waals surface area contributed by atoms with E-state index in [4.69, 9.17) is 5.41 Å². The molecule has 0 aliphatic heterocycles. The van der Waals surface area contributed by atoms with Gasteiger partial charge >= 0.3 is 0 Å². The van der Waals surface area contributed by atoms with E-state index in [0.29, 0.717) is 0 Å². The van der Waals surface area contributed by atoms with Crippen LogP contribution in [-0.2, 0) is 0 Å². The maximum Gasteiger partial charge on any atom is 0.250 e. The van der Waals surface area contributed by atoms with E-state index in [1.54, 1.807) is 12.2 Å². The van der Waals surface area contributed by atoms with Gasteiger partial charge in [0.2, 0.25) is 6.04 Å². The molecule has 0 aromatic carbocycles. The van der Waals surface area contributed by atoms with Gasteiger partial charge < -0.3 is 16.6 Å². The standard InChI is InChI=1S/C14H23NO3.CH5N3/c1-13(2,3)10-7-9(15(17)18)8-11(12(10)16)14(4,5)6;2-1(3)4/h7-9,12,16H,1-6H3;(H5,2,3,4). The van der Waals surface area contributed by atoms with Gasteiger partial charge in [-0.1, -0.05) is 41.5 Å². The van der Waals surface area contributed by atoms with Crippen molar-refractivity contribution in [3.63, 3.8) is 0 Å². The van der Waals surface area contributed by atoms with Gasteiger partial charge in [0.15, 0.2) is 5.96 Å². The molecule has 0 unspecified atom stereocenters. The van der Waals surface area contributed by atoms with Crippen LogP contribution in [0.3, 0.4) is 0 Å². The second kappa shape index (κ2) is 6.91. The molecule has 1 aliphatic carbocycles. The Bertz CT molecular complexity index is 460. The Balaban J connectivity index is 0.000000980. The number of guanidine groups is 1. The van der Waals surface area contributed by atoms with Crippen LogP contribution in [0.25, 0.3) is 0 Å². The minimum absolute atomic E-state index is 0.279. The molecule has 0 aromatic heterocycles. The van der Waals surface area contributed by atoms with Crippen molar-refractivity contribution in [2.75, 3.05) is 0 Å². The molecule has 1 aliphatic rings. The van der Waals surface area contributed by atoms with Crippen molar-refractivity contribution in [3.8, 4) is 0 Å². The zero-order chi connectivity index (χ0) is 17.9. The molecule has 0 amide bonds. The molecule has 0 aromatic rings. The summed E-state index contributed by atoms with van der Waals surface area (Å²) in [5.41, 5.74) is 9.85. The van der Waals surface area contributed by atoms with Crippen molar-refractivity contribution < 1.29 is 10.0 Å². The number of nitro groups is 1. The van der Waals surface area contributed by atoms with E-state index in [-0.39, 0.29) is 21.7 Å². The van der Waals surface area contributed by atoms with Gasteiger partial charge in [0, 0.05) is 4.92 Å². The van der Waals surface area contributed by atoms with Gasteiger partial charge in [-0.3, -0.25) is 15.5 Å². The van der Waals surface area contributed by atoms with Crippen molar-refractivity contribution in [2.24, 2.45) is 22.3 Å². The van der Waals surface area contributed by atoms with Crippen LogP contribution in [0.2, 0.25) is 0 Å². The normalized spacial score (nSPS) is 22.0. The SMILES string of the molecule is CC(C)(C)C1=CC([N+](=O)[O-])C=C(C(C)(C)C)C1O.N=C(N)N. The Morgan fingerprint density at radius 3 is 1.59 bits per heavy atom. The van der Waals surface area contributed by atoms with E-state index in [9.17, 15) is 15.2 Å². The summed E-state index contributed by atoms with van der Waals surface area (Å²) in [6, 6.07) is -0.836. The summed E-state index contributed by atoms with van der Waals surface area (Å²) >= 11 is 0. The van der Waals surface area contributed by atoms with Crippen LogP contribution in [-0.4, -0.2) is 28.1 Å². The molecule has 0 spiro atoms. The van der Waals surface area contributed by atoms with Crippen LogP contribution in [0.5, 0.6) is 0 Å². The number of hydrogen-bond acceptors (Lipinski definition) is 4. The van der Waals surface area contributed by atoms with Gasteiger partial charge in [-0.15, -0.1) is 0 Å². The highest BCUT2D eigenvalue weighted by Crippen LogP contribution is 2.40. The van der Waals surface area contributed by atoms with Crippen molar-refractivity contribution in [1.29, 1.82) is 5.41 Å². The lowest BCUT2D eigenvalue weighted by Crippen LogP contribution is -2.36. The predicted octanol–water partition coefficient (Wildman–Crippen LogP) is 1.79. The quantitative estimate of drug-likeness (QED) is 0.192. The first kappa shape index (κ1) is 20.1. The van der Waals surface area contributed by atoms with Crippen LogP contribution in [0.15, 0.2) is 23.3 Å². The molecule has 7 nitrogen and oxygen atoms in total. The van der Waals surface area contributed by atoms with Gasteiger partial charge in [-0.05, 0) is 34.1 Å². The van der Waals surface area contributed by atoms with Gasteiger partial charge in [-0.25, -0.2) is 0 Å². The monoisotopic (exact) mass is 312 g/mol. The Morgan fingerprint density at radius 2 is 1.41 bits per heavy atom. The number of aliphatic hydroxyl groups excluding tert-OH is 1. The fraction of sp³-hybridized carbons (Fsp3) is 0.667. The molecular weight excluding hydrogens is 284 g/mol. The van der Waals surface area contributed by atoms with E-state index in [2.05, 4.69) is 11.5 Å². The summed E-state index contributed by atoms with van der Waals surface area (Å²) in [5, 5.41) is 27.5. The first-order valence-electron chi connectivity index (χ1n) is 7.03. The average molecular weight is 312 g/mol. The zero-order valence-corrected chi connectivity index (χ0v) is 14.2. The van der Waals surface area contributed by atoms with Crippen molar-refractivity contribution >= 4 is 5.96 Å². The second-order valence-electron chi connectivity index (χ2n) is 7.38. The molecule has 22 heavy (non-hydrogen) atoms. The number of hydrogen-bond donors (Lipinski definition) is 4. The smallest absolute Gasteiger partial charge is 0.250 e. The highest BCUT2D eigenvalue weighted by Gasteiger charge is 2.38. The molecule has 6 N–H and O–H groups in total. The highest BCUT2D eigenvalue weighted by molar-refractivity contribution is 5.71. The van der Waals surface area contributed by atoms with E-state index in [1.165, 1.54) is 0 Å². The van der Waals surface area contributed by atoms with Crippen LogP contribution < -0.4 is 11.5 Å². The van der Waals surface area contributed by atoms with E-state index in [0.717, 1.165) is 11.1 Å². The molecule has 0 saturated carbocycles. The van der Waals surface area contributed by atoms with Crippen molar-refractivity contribution in [3.05, 3.63) is 33.4 Å². The molecule has 0 heterocycles. The lowest BCUT2D eigenvalue weighted by atomic mass is 9.71. The largest absolute Gasteiger partial charge is 0.384 e. The fourth-order valence-corrected chi connectivity index (χ4v) is 2.21. The summed E-state index contributed by atoms with van der Waals surface area (Å²) in [5.74, 6) is -0.333. The van der Waals surface area contributed by atoms with Crippen LogP contribution in [0.4, 0.5) is 0 Å². The molecule has 0 radical (unpaired) electrons. The van der Waals surface area contributed by atoms with Gasteiger partial charge in [0.05, 0.1) is 6.10 Å². The minimum atomic E-state index is -0.836. The van der Waals surface area contributed by atoms with Crippen LogP contribution >= 0.6 is 0 Å². The third kappa shape index (κ3) is 5.85. The number of aliphatic hydroxyl groups is 1. The molecule has 1 rings (SSSR count). The summed E-state index contributed by atoms with van der Waals surface area (Å²) in [6.45, 7) is 11.8. The van der Waals surface area contributed by atoms with Gasteiger partial charge in [-0.2, -0.15) is 0 Å². The molecule has 0 saturated heterocycles. The molecule has 126 valence electrons. The van der Waals surface area contributed by atoms with Crippen LogP contribution in [0.1, 0.15) is 41.5 Å². The second-order valence-corrected chi connectivity index (χ2v) is 7.38. The molecule has 0 atom stereocenters. The Kier molecular flexibility index (Phi) is 6.32. The Hall–Kier alpha value is -1.89. The fourth-order valence-electron chi connectivity index (χ4n) is 2.21. The first-order valence-corrected chi connectivity index (χ1v) is 7.03. The number of nitrogens with two attached hydrogens (primary N) is 2. The molecule has 0 bridgehead atoms. The number of nitrogens with one attached hydrogen (secondary N) is 1. The average Bonchev–Trinajstić information content (AvgIpc) is 2.24. The van der Waals surface area contributed by atoms with Gasteiger partial charge in [0.25, 0.3) is 0 Å². The highest BCUT2D eigenvalue weighted by atomic mass is 16.6. The maximum absolute atomic E-state index is 11.0. The first-order chi connectivity index (χ1) is 9.67. The maximum atomic E-state index is 11.0. The number of nitrogens with zero attached hydrogens (tertiary/aromatic N) is 1. The number of rotatable bonds is 1. The van der Waals surface area contributed by atoms with E-state index < -0.39 is 12.1 Å².